The van der Waals surface area contributed by atoms with Gasteiger partial charge in [0.2, 0.25) is 0 Å². The molecule has 0 aromatic rings. The van der Waals surface area contributed by atoms with Gasteiger partial charge in [0.15, 0.2) is 5.92 Å². The first-order valence-electron chi connectivity index (χ1n) is 6.19. The van der Waals surface area contributed by atoms with E-state index in [2.05, 4.69) is 0 Å². The monoisotopic (exact) mass is 256 g/mol. The third-order valence-corrected chi connectivity index (χ3v) is 2.78. The molecule has 0 aromatic heterocycles. The molecule has 0 aliphatic heterocycles. The van der Waals surface area contributed by atoms with Gasteiger partial charge in [0, 0.05) is 5.92 Å². The van der Waals surface area contributed by atoms with Crippen LogP contribution in [0.5, 0.6) is 0 Å². The van der Waals surface area contributed by atoms with Crippen molar-refractivity contribution in [2.75, 3.05) is 14.2 Å². The Kier molecular flexibility index (Phi) is 7.32. The highest BCUT2D eigenvalue weighted by molar-refractivity contribution is 5.95. The molecule has 0 bridgehead atoms. The predicted octanol–water partition coefficient (Wildman–Crippen LogP) is 2.43. The van der Waals surface area contributed by atoms with E-state index < -0.39 is 17.9 Å². The van der Waals surface area contributed by atoms with Crippen LogP contribution in [0.1, 0.15) is 27.7 Å². The van der Waals surface area contributed by atoms with E-state index in [-0.39, 0.29) is 11.8 Å². The van der Waals surface area contributed by atoms with Crippen LogP contribution in [-0.2, 0) is 19.1 Å². The van der Waals surface area contributed by atoms with E-state index in [1.165, 1.54) is 14.2 Å². The standard InChI is InChI=1S/C14H24O4/c1-9(2)7-8-11(10(3)4)12(13(15)17-5)14(16)18-6/h7-12H,1-6H3/b8-7+/t11-/m1/s1. The SMILES string of the molecule is COC(=O)C(C(=O)OC)[C@H](/C=C/C(C)C)C(C)C. The Hall–Kier alpha value is -1.32. The number of ether oxygens (including phenoxy) is 2. The lowest BCUT2D eigenvalue weighted by molar-refractivity contribution is -0.161. The number of carbonyl (C=O) groups is 2. The lowest BCUT2D eigenvalue weighted by Crippen LogP contribution is -2.35. The Balaban J connectivity index is 5.22. The molecule has 0 aromatic carbocycles. The van der Waals surface area contributed by atoms with Crippen LogP contribution in [0.15, 0.2) is 12.2 Å². The summed E-state index contributed by atoms with van der Waals surface area (Å²) in [6.45, 7) is 8.01. The van der Waals surface area contributed by atoms with Gasteiger partial charge >= 0.3 is 11.9 Å². The summed E-state index contributed by atoms with van der Waals surface area (Å²) in [5, 5.41) is 0. The zero-order valence-corrected chi connectivity index (χ0v) is 12.1. The summed E-state index contributed by atoms with van der Waals surface area (Å²) in [5.74, 6) is -1.70. The zero-order valence-electron chi connectivity index (χ0n) is 12.1. The molecular formula is C14H24O4. The lowest BCUT2D eigenvalue weighted by Gasteiger charge is -2.24. The predicted molar refractivity (Wildman–Crippen MR) is 69.8 cm³/mol. The summed E-state index contributed by atoms with van der Waals surface area (Å²) in [5.41, 5.74) is 0. The molecule has 0 saturated heterocycles. The smallest absolute Gasteiger partial charge is 0.320 e. The molecule has 1 atom stereocenters. The van der Waals surface area contributed by atoms with Crippen LogP contribution >= 0.6 is 0 Å². The van der Waals surface area contributed by atoms with Gasteiger partial charge in [0.1, 0.15) is 0 Å². The average Bonchev–Trinajstić information content (AvgIpc) is 2.31. The van der Waals surface area contributed by atoms with E-state index in [1.807, 2.05) is 39.8 Å². The van der Waals surface area contributed by atoms with Gasteiger partial charge in [0.25, 0.3) is 0 Å². The molecule has 0 fully saturated rings. The number of hydrogen-bond donors (Lipinski definition) is 0. The van der Waals surface area contributed by atoms with Gasteiger partial charge in [-0.25, -0.2) is 0 Å². The fourth-order valence-electron chi connectivity index (χ4n) is 1.73. The first kappa shape index (κ1) is 16.7. The van der Waals surface area contributed by atoms with Crippen molar-refractivity contribution in [1.82, 2.24) is 0 Å². The Labute approximate surface area is 109 Å². The molecule has 0 rings (SSSR count). The summed E-state index contributed by atoms with van der Waals surface area (Å²) in [6, 6.07) is 0. The molecule has 0 N–H and O–H groups in total. The molecule has 0 heterocycles. The summed E-state index contributed by atoms with van der Waals surface area (Å²) in [6.07, 6.45) is 3.90. The Morgan fingerprint density at radius 1 is 0.889 bits per heavy atom. The van der Waals surface area contributed by atoms with Crippen molar-refractivity contribution in [3.63, 3.8) is 0 Å². The third-order valence-electron chi connectivity index (χ3n) is 2.78. The van der Waals surface area contributed by atoms with Gasteiger partial charge in [-0.1, -0.05) is 39.8 Å². The fourth-order valence-corrected chi connectivity index (χ4v) is 1.73. The second-order valence-corrected chi connectivity index (χ2v) is 4.97. The minimum absolute atomic E-state index is 0.142. The van der Waals surface area contributed by atoms with Crippen LogP contribution in [0.25, 0.3) is 0 Å². The molecule has 104 valence electrons. The number of hydrogen-bond acceptors (Lipinski definition) is 4. The Bertz CT molecular complexity index is 289. The molecule has 0 saturated carbocycles. The molecule has 0 spiro atoms. The van der Waals surface area contributed by atoms with Gasteiger partial charge in [-0.2, -0.15) is 0 Å². The van der Waals surface area contributed by atoms with E-state index in [1.54, 1.807) is 0 Å². The van der Waals surface area contributed by atoms with Crippen molar-refractivity contribution >= 4 is 11.9 Å². The molecular weight excluding hydrogens is 232 g/mol. The van der Waals surface area contributed by atoms with Crippen LogP contribution in [0, 0.1) is 23.7 Å². The van der Waals surface area contributed by atoms with Gasteiger partial charge in [-0.05, 0) is 11.8 Å². The second-order valence-electron chi connectivity index (χ2n) is 4.97. The molecule has 4 nitrogen and oxygen atoms in total. The van der Waals surface area contributed by atoms with Crippen LogP contribution in [0.2, 0.25) is 0 Å². The van der Waals surface area contributed by atoms with E-state index in [0.717, 1.165) is 0 Å². The maximum absolute atomic E-state index is 11.7. The van der Waals surface area contributed by atoms with Crippen molar-refractivity contribution in [2.24, 2.45) is 23.7 Å². The summed E-state index contributed by atoms with van der Waals surface area (Å²) >= 11 is 0. The van der Waals surface area contributed by atoms with E-state index in [4.69, 9.17) is 9.47 Å². The maximum Gasteiger partial charge on any atom is 0.320 e. The zero-order chi connectivity index (χ0) is 14.3. The number of carbonyl (C=O) groups excluding carboxylic acids is 2. The highest BCUT2D eigenvalue weighted by Crippen LogP contribution is 2.25. The van der Waals surface area contributed by atoms with Crippen LogP contribution in [-0.4, -0.2) is 26.2 Å². The molecule has 0 aliphatic rings. The average molecular weight is 256 g/mol. The lowest BCUT2D eigenvalue weighted by atomic mass is 9.82. The second kappa shape index (κ2) is 7.90. The van der Waals surface area contributed by atoms with Crippen molar-refractivity contribution in [3.05, 3.63) is 12.2 Å². The van der Waals surface area contributed by atoms with Gasteiger partial charge in [-0.15, -0.1) is 0 Å². The molecule has 4 heteroatoms. The molecule has 18 heavy (non-hydrogen) atoms. The van der Waals surface area contributed by atoms with Gasteiger partial charge in [0.05, 0.1) is 14.2 Å². The highest BCUT2D eigenvalue weighted by Gasteiger charge is 2.37. The number of allylic oxidation sites excluding steroid dienone is 2. The van der Waals surface area contributed by atoms with Gasteiger partial charge < -0.3 is 9.47 Å². The third kappa shape index (κ3) is 4.90. The summed E-state index contributed by atoms with van der Waals surface area (Å²) in [4.78, 5) is 23.5. The van der Waals surface area contributed by atoms with Crippen molar-refractivity contribution in [1.29, 1.82) is 0 Å². The maximum atomic E-state index is 11.7. The first-order chi connectivity index (χ1) is 8.34. The number of methoxy groups -OCH3 is 2. The van der Waals surface area contributed by atoms with Crippen LogP contribution in [0.4, 0.5) is 0 Å². The van der Waals surface area contributed by atoms with E-state index in [9.17, 15) is 9.59 Å². The highest BCUT2D eigenvalue weighted by atomic mass is 16.5. The normalized spacial score (nSPS) is 13.4. The molecule has 0 radical (unpaired) electrons. The first-order valence-corrected chi connectivity index (χ1v) is 6.19. The quantitative estimate of drug-likeness (QED) is 0.416. The minimum Gasteiger partial charge on any atom is -0.468 e. The topological polar surface area (TPSA) is 52.6 Å². The Morgan fingerprint density at radius 3 is 1.61 bits per heavy atom. The fraction of sp³-hybridized carbons (Fsp3) is 0.714. The Morgan fingerprint density at radius 2 is 1.33 bits per heavy atom. The summed E-state index contributed by atoms with van der Waals surface area (Å²) < 4.78 is 9.40. The van der Waals surface area contributed by atoms with E-state index in [0.29, 0.717) is 5.92 Å². The van der Waals surface area contributed by atoms with Crippen molar-refractivity contribution in [2.45, 2.75) is 27.7 Å². The molecule has 0 unspecified atom stereocenters. The van der Waals surface area contributed by atoms with Crippen LogP contribution in [0.3, 0.4) is 0 Å². The molecule has 0 amide bonds. The summed E-state index contributed by atoms with van der Waals surface area (Å²) in [7, 11) is 2.56. The van der Waals surface area contributed by atoms with Gasteiger partial charge in [-0.3, -0.25) is 9.59 Å². The van der Waals surface area contributed by atoms with Crippen molar-refractivity contribution < 1.29 is 19.1 Å². The largest absolute Gasteiger partial charge is 0.468 e. The molecule has 0 aliphatic carbocycles. The van der Waals surface area contributed by atoms with E-state index >= 15 is 0 Å². The number of esters is 2. The minimum atomic E-state index is -0.894. The van der Waals surface area contributed by atoms with Crippen LogP contribution < -0.4 is 0 Å². The number of rotatable bonds is 6. The van der Waals surface area contributed by atoms with Crippen molar-refractivity contribution in [3.8, 4) is 0 Å².